The molecule has 0 radical (unpaired) electrons. The molecule has 1 fully saturated rings. The van der Waals surface area contributed by atoms with Gasteiger partial charge in [-0.05, 0) is 31.6 Å². The Hall–Kier alpha value is -1.32. The van der Waals surface area contributed by atoms with Crippen molar-refractivity contribution in [1.29, 1.82) is 0 Å². The molecule has 4 nitrogen and oxygen atoms in total. The molecule has 1 aliphatic carbocycles. The fraction of sp³-hybridized carbons (Fsp3) is 0.750. The predicted octanol–water partition coefficient (Wildman–Crippen LogP) is 3.51. The second-order valence-corrected chi connectivity index (χ2v) is 7.32. The lowest BCUT2D eigenvalue weighted by Crippen LogP contribution is -2.21. The van der Waals surface area contributed by atoms with E-state index in [0.717, 1.165) is 35.6 Å². The van der Waals surface area contributed by atoms with Crippen LogP contribution in [0.1, 0.15) is 58.3 Å². The molecule has 0 aromatic carbocycles. The molecule has 0 bridgehead atoms. The van der Waals surface area contributed by atoms with E-state index in [9.17, 15) is 0 Å². The molecule has 0 amide bonds. The number of hydrogen-bond donors (Lipinski definition) is 2. The monoisotopic (exact) mass is 276 g/mol. The van der Waals surface area contributed by atoms with Crippen LogP contribution in [0.5, 0.6) is 0 Å². The molecule has 1 aliphatic rings. The lowest BCUT2D eigenvalue weighted by atomic mass is 9.95. The zero-order valence-electron chi connectivity index (χ0n) is 13.5. The minimum absolute atomic E-state index is 0.0832. The van der Waals surface area contributed by atoms with Crippen LogP contribution in [0, 0.1) is 18.8 Å². The minimum Gasteiger partial charge on any atom is -0.383 e. The van der Waals surface area contributed by atoms with Crippen molar-refractivity contribution >= 4 is 11.6 Å². The largest absolute Gasteiger partial charge is 0.383 e. The van der Waals surface area contributed by atoms with Crippen molar-refractivity contribution in [2.75, 3.05) is 17.6 Å². The summed E-state index contributed by atoms with van der Waals surface area (Å²) in [5.41, 5.74) is 6.91. The first kappa shape index (κ1) is 15.1. The van der Waals surface area contributed by atoms with Gasteiger partial charge in [-0.15, -0.1) is 0 Å². The topological polar surface area (TPSA) is 63.8 Å². The first-order valence-corrected chi connectivity index (χ1v) is 7.66. The first-order chi connectivity index (χ1) is 9.27. The van der Waals surface area contributed by atoms with Gasteiger partial charge in [0.2, 0.25) is 0 Å². The number of nitrogens with one attached hydrogen (secondary N) is 1. The van der Waals surface area contributed by atoms with Crippen molar-refractivity contribution in [1.82, 2.24) is 9.97 Å². The third kappa shape index (κ3) is 3.41. The van der Waals surface area contributed by atoms with Crippen LogP contribution in [0.3, 0.4) is 0 Å². The number of rotatable bonds is 3. The molecule has 1 aromatic rings. The molecule has 0 saturated heterocycles. The highest BCUT2D eigenvalue weighted by Gasteiger charge is 2.23. The standard InChI is InChI=1S/C16H28N4/c1-10-6-7-12(8-10)9-18-14-11(2)13(17)19-15(20-14)16(3,4)5/h10,12H,6-9H2,1-5H3,(H3,17,18,19,20). The molecule has 0 aliphatic heterocycles. The normalized spacial score (nSPS) is 23.1. The van der Waals surface area contributed by atoms with E-state index < -0.39 is 0 Å². The smallest absolute Gasteiger partial charge is 0.138 e. The molecule has 2 rings (SSSR count). The summed E-state index contributed by atoms with van der Waals surface area (Å²) in [5.74, 6) is 3.93. The summed E-state index contributed by atoms with van der Waals surface area (Å²) >= 11 is 0. The van der Waals surface area contributed by atoms with Crippen LogP contribution in [0.15, 0.2) is 0 Å². The lowest BCUT2D eigenvalue weighted by molar-refractivity contribution is 0.532. The third-order valence-corrected chi connectivity index (χ3v) is 4.22. The second-order valence-electron chi connectivity index (χ2n) is 7.32. The Kier molecular flexibility index (Phi) is 4.21. The van der Waals surface area contributed by atoms with Crippen molar-refractivity contribution in [3.8, 4) is 0 Å². The zero-order valence-corrected chi connectivity index (χ0v) is 13.5. The van der Waals surface area contributed by atoms with Crippen molar-refractivity contribution in [3.05, 3.63) is 11.4 Å². The van der Waals surface area contributed by atoms with Gasteiger partial charge >= 0.3 is 0 Å². The van der Waals surface area contributed by atoms with Crippen LogP contribution in [0.2, 0.25) is 0 Å². The Labute approximate surface area is 122 Å². The summed E-state index contributed by atoms with van der Waals surface area (Å²) < 4.78 is 0. The average molecular weight is 276 g/mol. The maximum absolute atomic E-state index is 6.03. The van der Waals surface area contributed by atoms with Gasteiger partial charge in [0, 0.05) is 17.5 Å². The van der Waals surface area contributed by atoms with E-state index in [-0.39, 0.29) is 5.41 Å². The Morgan fingerprint density at radius 3 is 2.50 bits per heavy atom. The Bertz CT molecular complexity index is 476. The zero-order chi connectivity index (χ0) is 14.9. The molecule has 1 aromatic heterocycles. The van der Waals surface area contributed by atoms with Gasteiger partial charge in [-0.25, -0.2) is 9.97 Å². The number of nitrogens with zero attached hydrogens (tertiary/aromatic N) is 2. The van der Waals surface area contributed by atoms with Crippen LogP contribution in [-0.4, -0.2) is 16.5 Å². The molecule has 0 spiro atoms. The highest BCUT2D eigenvalue weighted by atomic mass is 15.1. The van der Waals surface area contributed by atoms with Crippen molar-refractivity contribution in [2.45, 2.75) is 59.3 Å². The SMILES string of the molecule is Cc1c(N)nc(C(C)(C)C)nc1NCC1CCC(C)C1. The van der Waals surface area contributed by atoms with Crippen LogP contribution < -0.4 is 11.1 Å². The van der Waals surface area contributed by atoms with Gasteiger partial charge in [0.15, 0.2) is 0 Å². The maximum Gasteiger partial charge on any atom is 0.138 e. The van der Waals surface area contributed by atoms with Crippen molar-refractivity contribution in [3.63, 3.8) is 0 Å². The summed E-state index contributed by atoms with van der Waals surface area (Å²) in [6.45, 7) is 11.6. The van der Waals surface area contributed by atoms with Crippen LogP contribution in [0.25, 0.3) is 0 Å². The van der Waals surface area contributed by atoms with Crippen LogP contribution in [-0.2, 0) is 5.41 Å². The summed E-state index contributed by atoms with van der Waals surface area (Å²) in [4.78, 5) is 9.11. The van der Waals surface area contributed by atoms with E-state index in [1.54, 1.807) is 0 Å². The van der Waals surface area contributed by atoms with Gasteiger partial charge in [-0.3, -0.25) is 0 Å². The van der Waals surface area contributed by atoms with Crippen LogP contribution >= 0.6 is 0 Å². The molecule has 4 heteroatoms. The summed E-state index contributed by atoms with van der Waals surface area (Å²) in [6.07, 6.45) is 3.99. The molecular weight excluding hydrogens is 248 g/mol. The molecule has 112 valence electrons. The highest BCUT2D eigenvalue weighted by molar-refractivity contribution is 5.55. The van der Waals surface area contributed by atoms with E-state index >= 15 is 0 Å². The van der Waals surface area contributed by atoms with Gasteiger partial charge in [0.25, 0.3) is 0 Å². The Morgan fingerprint density at radius 1 is 1.25 bits per heavy atom. The van der Waals surface area contributed by atoms with Crippen molar-refractivity contribution in [2.24, 2.45) is 11.8 Å². The van der Waals surface area contributed by atoms with Gasteiger partial charge in [-0.2, -0.15) is 0 Å². The van der Waals surface area contributed by atoms with Crippen molar-refractivity contribution < 1.29 is 0 Å². The van der Waals surface area contributed by atoms with Gasteiger partial charge < -0.3 is 11.1 Å². The second kappa shape index (κ2) is 5.58. The number of hydrogen-bond acceptors (Lipinski definition) is 4. The molecule has 2 unspecified atom stereocenters. The van der Waals surface area contributed by atoms with E-state index in [1.807, 2.05) is 6.92 Å². The van der Waals surface area contributed by atoms with Gasteiger partial charge in [0.05, 0.1) is 0 Å². The quantitative estimate of drug-likeness (QED) is 0.886. The number of aromatic nitrogens is 2. The molecule has 1 saturated carbocycles. The Balaban J connectivity index is 2.12. The molecular formula is C16H28N4. The fourth-order valence-corrected chi connectivity index (χ4v) is 2.79. The summed E-state index contributed by atoms with van der Waals surface area (Å²) in [7, 11) is 0. The van der Waals surface area contributed by atoms with Gasteiger partial charge in [0.1, 0.15) is 17.5 Å². The van der Waals surface area contributed by atoms with Gasteiger partial charge in [-0.1, -0.05) is 34.1 Å². The average Bonchev–Trinajstić information content (AvgIpc) is 2.75. The predicted molar refractivity (Wildman–Crippen MR) is 84.9 cm³/mol. The number of anilines is 2. The first-order valence-electron chi connectivity index (χ1n) is 7.66. The minimum atomic E-state index is -0.0832. The fourth-order valence-electron chi connectivity index (χ4n) is 2.79. The van der Waals surface area contributed by atoms with E-state index in [1.165, 1.54) is 19.3 Å². The summed E-state index contributed by atoms with van der Waals surface area (Å²) in [6, 6.07) is 0. The third-order valence-electron chi connectivity index (χ3n) is 4.22. The van der Waals surface area contributed by atoms with E-state index in [0.29, 0.717) is 5.82 Å². The number of nitrogens with two attached hydrogens (primary N) is 1. The molecule has 3 N–H and O–H groups in total. The Morgan fingerprint density at radius 2 is 1.95 bits per heavy atom. The summed E-state index contributed by atoms with van der Waals surface area (Å²) in [5, 5.41) is 3.50. The highest BCUT2D eigenvalue weighted by Crippen LogP contribution is 2.31. The maximum atomic E-state index is 6.03. The molecule has 1 heterocycles. The van der Waals surface area contributed by atoms with Crippen LogP contribution in [0.4, 0.5) is 11.6 Å². The lowest BCUT2D eigenvalue weighted by Gasteiger charge is -2.20. The van der Waals surface area contributed by atoms with E-state index in [2.05, 4.69) is 43.0 Å². The molecule has 2 atom stereocenters. The van der Waals surface area contributed by atoms with E-state index in [4.69, 9.17) is 5.73 Å². The number of nitrogen functional groups attached to an aromatic ring is 1. The molecule has 20 heavy (non-hydrogen) atoms.